The minimum Gasteiger partial charge on any atom is -0.466 e. The van der Waals surface area contributed by atoms with Gasteiger partial charge in [0.15, 0.2) is 0 Å². The lowest BCUT2D eigenvalue weighted by atomic mass is 10.0. The number of esters is 1. The molecule has 0 aliphatic rings. The Morgan fingerprint density at radius 2 is 0.935 bits per heavy atom. The molecule has 0 aliphatic carbocycles. The third-order valence-electron chi connectivity index (χ3n) is 6.42. The third-order valence-corrected chi connectivity index (χ3v) is 6.42. The zero-order valence-electron chi connectivity index (χ0n) is 21.9. The summed E-state index contributed by atoms with van der Waals surface area (Å²) in [5, 5.41) is 0. The molecule has 0 radical (unpaired) electrons. The Balaban J connectivity index is 3.14. The van der Waals surface area contributed by atoms with Crippen molar-refractivity contribution < 1.29 is 9.53 Å². The van der Waals surface area contributed by atoms with Crippen molar-refractivity contribution in [3.05, 3.63) is 0 Å². The molecule has 0 spiro atoms. The van der Waals surface area contributed by atoms with Crippen molar-refractivity contribution in [2.24, 2.45) is 5.92 Å². The molecule has 0 aromatic rings. The summed E-state index contributed by atoms with van der Waals surface area (Å²) in [4.78, 5) is 11.8. The van der Waals surface area contributed by atoms with Gasteiger partial charge in [0.25, 0.3) is 0 Å². The zero-order chi connectivity index (χ0) is 22.8. The highest BCUT2D eigenvalue weighted by Gasteiger charge is 2.02. The van der Waals surface area contributed by atoms with Gasteiger partial charge in [-0.25, -0.2) is 0 Å². The number of hydrogen-bond donors (Lipinski definition) is 0. The van der Waals surface area contributed by atoms with E-state index in [1.165, 1.54) is 128 Å². The van der Waals surface area contributed by atoms with Crippen molar-refractivity contribution in [2.75, 3.05) is 6.61 Å². The molecule has 0 amide bonds. The molecular formula is C29H58O2. The van der Waals surface area contributed by atoms with Gasteiger partial charge in [0.05, 0.1) is 6.61 Å². The zero-order valence-corrected chi connectivity index (χ0v) is 21.9. The van der Waals surface area contributed by atoms with Crippen LogP contribution in [0.15, 0.2) is 0 Å². The van der Waals surface area contributed by atoms with Crippen LogP contribution in [0.2, 0.25) is 0 Å². The highest BCUT2D eigenvalue weighted by atomic mass is 16.5. The summed E-state index contributed by atoms with van der Waals surface area (Å²) in [7, 11) is 0. The Bertz CT molecular complexity index is 351. The minimum absolute atomic E-state index is 0.0200. The van der Waals surface area contributed by atoms with E-state index in [1.54, 1.807) is 0 Å². The van der Waals surface area contributed by atoms with E-state index >= 15 is 0 Å². The maximum absolute atomic E-state index is 11.8. The van der Waals surface area contributed by atoms with Crippen LogP contribution in [0.5, 0.6) is 0 Å². The monoisotopic (exact) mass is 438 g/mol. The van der Waals surface area contributed by atoms with Crippen LogP contribution in [0.1, 0.15) is 168 Å². The average molecular weight is 439 g/mol. The van der Waals surface area contributed by atoms with Crippen LogP contribution >= 0.6 is 0 Å². The van der Waals surface area contributed by atoms with Gasteiger partial charge in [-0.3, -0.25) is 4.79 Å². The summed E-state index contributed by atoms with van der Waals surface area (Å²) in [5.74, 6) is 0.863. The van der Waals surface area contributed by atoms with Crippen LogP contribution in [0.4, 0.5) is 0 Å². The van der Waals surface area contributed by atoms with Crippen molar-refractivity contribution in [2.45, 2.75) is 168 Å². The van der Waals surface area contributed by atoms with Crippen LogP contribution in [-0.2, 0) is 9.53 Å². The molecule has 0 aliphatic heterocycles. The van der Waals surface area contributed by atoms with Crippen LogP contribution in [0.25, 0.3) is 0 Å². The lowest BCUT2D eigenvalue weighted by molar-refractivity contribution is -0.143. The van der Waals surface area contributed by atoms with Gasteiger partial charge in [0, 0.05) is 6.42 Å². The average Bonchev–Trinajstić information content (AvgIpc) is 2.75. The molecule has 0 rings (SSSR count). The second-order valence-electron chi connectivity index (χ2n) is 10.2. The minimum atomic E-state index is 0.0200. The van der Waals surface area contributed by atoms with Gasteiger partial charge >= 0.3 is 5.97 Å². The second kappa shape index (κ2) is 25.7. The van der Waals surface area contributed by atoms with Crippen molar-refractivity contribution in [3.8, 4) is 0 Å². The molecule has 0 atom stereocenters. The van der Waals surface area contributed by atoms with Crippen LogP contribution in [-0.4, -0.2) is 12.6 Å². The van der Waals surface area contributed by atoms with Gasteiger partial charge in [-0.05, 0) is 18.8 Å². The standard InChI is InChI=1S/C29H58O2/c1-4-5-6-7-8-9-10-11-12-13-14-18-21-24-27-31-29(30)26-23-20-17-15-16-19-22-25-28(2)3/h28H,4-27H2,1-3H3. The third kappa shape index (κ3) is 27.4. The van der Waals surface area contributed by atoms with Gasteiger partial charge in [0.2, 0.25) is 0 Å². The van der Waals surface area contributed by atoms with Gasteiger partial charge in [-0.2, -0.15) is 0 Å². The number of ether oxygens (including phenoxy) is 1. The maximum Gasteiger partial charge on any atom is 0.305 e. The number of unbranched alkanes of at least 4 members (excludes halogenated alkanes) is 19. The van der Waals surface area contributed by atoms with Gasteiger partial charge < -0.3 is 4.74 Å². The molecular weight excluding hydrogens is 380 g/mol. The van der Waals surface area contributed by atoms with Gasteiger partial charge in [-0.1, -0.05) is 149 Å². The Kier molecular flexibility index (Phi) is 25.3. The molecule has 0 unspecified atom stereocenters. The van der Waals surface area contributed by atoms with Crippen molar-refractivity contribution in [3.63, 3.8) is 0 Å². The fourth-order valence-corrected chi connectivity index (χ4v) is 4.26. The van der Waals surface area contributed by atoms with E-state index in [0.717, 1.165) is 18.8 Å². The molecule has 2 heteroatoms. The predicted molar refractivity (Wildman–Crippen MR) is 138 cm³/mol. The molecule has 0 saturated carbocycles. The first-order valence-electron chi connectivity index (χ1n) is 14.3. The summed E-state index contributed by atoms with van der Waals surface area (Å²) in [5.41, 5.74) is 0. The van der Waals surface area contributed by atoms with E-state index in [9.17, 15) is 4.79 Å². The summed E-state index contributed by atoms with van der Waals surface area (Å²) in [6.07, 6.45) is 29.9. The van der Waals surface area contributed by atoms with Gasteiger partial charge in [0.1, 0.15) is 0 Å². The van der Waals surface area contributed by atoms with E-state index in [1.807, 2.05) is 0 Å². The predicted octanol–water partition coefficient (Wildman–Crippen LogP) is 10.2. The highest BCUT2D eigenvalue weighted by molar-refractivity contribution is 5.69. The Morgan fingerprint density at radius 3 is 1.39 bits per heavy atom. The number of hydrogen-bond acceptors (Lipinski definition) is 2. The van der Waals surface area contributed by atoms with E-state index in [-0.39, 0.29) is 5.97 Å². The SMILES string of the molecule is CCCCCCCCCCCCCCCCOC(=O)CCCCCCCCCC(C)C. The number of carbonyl (C=O) groups is 1. The van der Waals surface area contributed by atoms with Crippen LogP contribution in [0.3, 0.4) is 0 Å². The van der Waals surface area contributed by atoms with Gasteiger partial charge in [-0.15, -0.1) is 0 Å². The molecule has 186 valence electrons. The summed E-state index contributed by atoms with van der Waals surface area (Å²) in [6.45, 7) is 7.52. The van der Waals surface area contributed by atoms with E-state index in [4.69, 9.17) is 4.74 Å². The van der Waals surface area contributed by atoms with E-state index in [2.05, 4.69) is 20.8 Å². The summed E-state index contributed by atoms with van der Waals surface area (Å²) in [6, 6.07) is 0. The smallest absolute Gasteiger partial charge is 0.305 e. The number of rotatable bonds is 25. The Morgan fingerprint density at radius 1 is 0.548 bits per heavy atom. The molecule has 31 heavy (non-hydrogen) atoms. The Hall–Kier alpha value is -0.530. The quantitative estimate of drug-likeness (QED) is 0.105. The second-order valence-corrected chi connectivity index (χ2v) is 10.2. The number of carbonyl (C=O) groups excluding carboxylic acids is 1. The molecule has 0 saturated heterocycles. The first-order valence-corrected chi connectivity index (χ1v) is 14.3. The first-order chi connectivity index (χ1) is 15.2. The fraction of sp³-hybridized carbons (Fsp3) is 0.966. The maximum atomic E-state index is 11.8. The van der Waals surface area contributed by atoms with E-state index in [0.29, 0.717) is 13.0 Å². The molecule has 0 heterocycles. The summed E-state index contributed by atoms with van der Waals surface area (Å²) < 4.78 is 5.39. The highest BCUT2D eigenvalue weighted by Crippen LogP contribution is 2.14. The molecule has 0 fully saturated rings. The molecule has 0 aromatic heterocycles. The largest absolute Gasteiger partial charge is 0.466 e. The molecule has 0 N–H and O–H groups in total. The molecule has 0 aromatic carbocycles. The first kappa shape index (κ1) is 30.5. The lowest BCUT2D eigenvalue weighted by Gasteiger charge is -2.06. The van der Waals surface area contributed by atoms with Crippen LogP contribution in [0, 0.1) is 5.92 Å². The van der Waals surface area contributed by atoms with E-state index < -0.39 is 0 Å². The van der Waals surface area contributed by atoms with Crippen molar-refractivity contribution >= 4 is 5.97 Å². The lowest BCUT2D eigenvalue weighted by Crippen LogP contribution is -2.05. The van der Waals surface area contributed by atoms with Crippen molar-refractivity contribution in [1.29, 1.82) is 0 Å². The molecule has 2 nitrogen and oxygen atoms in total. The Labute approximate surface area is 196 Å². The summed E-state index contributed by atoms with van der Waals surface area (Å²) >= 11 is 0. The normalized spacial score (nSPS) is 11.4. The fourth-order valence-electron chi connectivity index (χ4n) is 4.26. The topological polar surface area (TPSA) is 26.3 Å². The van der Waals surface area contributed by atoms with Crippen molar-refractivity contribution in [1.82, 2.24) is 0 Å². The van der Waals surface area contributed by atoms with Crippen LogP contribution < -0.4 is 0 Å². The molecule has 0 bridgehead atoms.